The number of benzene rings is 3. The van der Waals surface area contributed by atoms with Gasteiger partial charge in [-0.15, -0.1) is 0 Å². The minimum atomic E-state index is -0.518. The molecule has 0 aromatic heterocycles. The number of nitrogens with zero attached hydrogens (tertiary/aromatic N) is 1. The van der Waals surface area contributed by atoms with Crippen LogP contribution in [0.25, 0.3) is 10.8 Å². The summed E-state index contributed by atoms with van der Waals surface area (Å²) in [5.41, 5.74) is 6.82. The minimum absolute atomic E-state index is 0.0906. The number of fused-ring (bicyclic) bond motifs is 1. The normalized spacial score (nSPS) is 15.9. The number of carbonyl (C=O) groups is 3. The number of likely N-dealkylation sites (tertiary alicyclic amines) is 1. The first-order chi connectivity index (χ1) is 15.5. The van der Waals surface area contributed by atoms with Crippen molar-refractivity contribution in [1.29, 1.82) is 0 Å². The Morgan fingerprint density at radius 1 is 1.00 bits per heavy atom. The Balaban J connectivity index is 1.49. The van der Waals surface area contributed by atoms with Crippen LogP contribution in [0.4, 0.5) is 5.69 Å². The number of hydrogen-bond donors (Lipinski definition) is 2. The minimum Gasteiger partial charge on any atom is -0.496 e. The van der Waals surface area contributed by atoms with Gasteiger partial charge in [0.05, 0.1) is 13.0 Å². The Hall–Kier alpha value is -3.87. The molecule has 7 heteroatoms. The van der Waals surface area contributed by atoms with E-state index in [0.29, 0.717) is 36.3 Å². The molecule has 1 aliphatic rings. The highest BCUT2D eigenvalue weighted by atomic mass is 16.5. The second-order valence-corrected chi connectivity index (χ2v) is 7.88. The molecule has 3 N–H and O–H groups in total. The average molecular weight is 431 g/mol. The monoisotopic (exact) mass is 431 g/mol. The quantitative estimate of drug-likeness (QED) is 0.646. The Kier molecular flexibility index (Phi) is 6.07. The summed E-state index contributed by atoms with van der Waals surface area (Å²) in [6.07, 6.45) is 1.46. The highest BCUT2D eigenvalue weighted by Gasteiger charge is 2.29. The zero-order valence-corrected chi connectivity index (χ0v) is 17.8. The van der Waals surface area contributed by atoms with E-state index in [2.05, 4.69) is 5.32 Å². The van der Waals surface area contributed by atoms with E-state index in [1.54, 1.807) is 48.4 Å². The van der Waals surface area contributed by atoms with Crippen molar-refractivity contribution in [2.45, 2.75) is 12.8 Å². The molecule has 32 heavy (non-hydrogen) atoms. The van der Waals surface area contributed by atoms with E-state index in [-0.39, 0.29) is 17.7 Å². The van der Waals surface area contributed by atoms with E-state index >= 15 is 0 Å². The molecule has 1 fully saturated rings. The number of nitrogens with two attached hydrogens (primary N) is 1. The number of amides is 3. The number of hydrogen-bond acceptors (Lipinski definition) is 4. The maximum absolute atomic E-state index is 13.4. The molecule has 1 aliphatic heterocycles. The first kappa shape index (κ1) is 21.4. The number of anilines is 1. The molecule has 1 heterocycles. The number of carbonyl (C=O) groups excluding carboxylic acids is 3. The van der Waals surface area contributed by atoms with Crippen molar-refractivity contribution in [3.8, 4) is 5.75 Å². The fraction of sp³-hybridized carbons (Fsp3) is 0.240. The lowest BCUT2D eigenvalue weighted by Crippen LogP contribution is -2.43. The lowest BCUT2D eigenvalue weighted by atomic mass is 9.95. The number of piperidine rings is 1. The third-order valence-electron chi connectivity index (χ3n) is 5.85. The third-order valence-corrected chi connectivity index (χ3v) is 5.85. The van der Waals surface area contributed by atoms with Crippen molar-refractivity contribution in [1.82, 2.24) is 4.90 Å². The zero-order chi connectivity index (χ0) is 22.7. The largest absolute Gasteiger partial charge is 0.496 e. The Labute approximate surface area is 186 Å². The molecule has 7 nitrogen and oxygen atoms in total. The van der Waals surface area contributed by atoms with E-state index in [9.17, 15) is 14.4 Å². The summed E-state index contributed by atoms with van der Waals surface area (Å²) in [6, 6.07) is 17.7. The summed E-state index contributed by atoms with van der Waals surface area (Å²) in [5, 5.41) is 4.59. The van der Waals surface area contributed by atoms with Gasteiger partial charge in [-0.3, -0.25) is 14.4 Å². The molecule has 4 rings (SSSR count). The van der Waals surface area contributed by atoms with Crippen molar-refractivity contribution >= 4 is 34.2 Å². The zero-order valence-electron chi connectivity index (χ0n) is 17.8. The second-order valence-electron chi connectivity index (χ2n) is 7.88. The van der Waals surface area contributed by atoms with E-state index in [1.165, 1.54) is 0 Å². The third kappa shape index (κ3) is 4.27. The van der Waals surface area contributed by atoms with Crippen LogP contribution in [0.5, 0.6) is 5.75 Å². The van der Waals surface area contributed by atoms with Gasteiger partial charge in [0.1, 0.15) is 5.75 Å². The number of ether oxygens (including phenoxy) is 1. The standard InChI is InChI=1S/C25H25N3O4/c1-32-22-13-12-21(19-6-2-3-7-20(19)22)25(31)28-14-4-5-17(15-28)24(30)27-18-10-8-16(9-11-18)23(26)29/h2-3,6-13,17H,4-5,14-15H2,1H3,(H2,26,29)(H,27,30)/t17-/m0/s1. The van der Waals surface area contributed by atoms with E-state index in [4.69, 9.17) is 10.5 Å². The fourth-order valence-corrected chi connectivity index (χ4v) is 4.14. The summed E-state index contributed by atoms with van der Waals surface area (Å²) in [4.78, 5) is 39.1. The SMILES string of the molecule is COc1ccc(C(=O)N2CCC[C@H](C(=O)Nc3ccc(C(N)=O)cc3)C2)c2ccccc12. The van der Waals surface area contributed by atoms with E-state index in [1.807, 2.05) is 24.3 Å². The second kappa shape index (κ2) is 9.09. The topological polar surface area (TPSA) is 102 Å². The van der Waals surface area contributed by atoms with Crippen molar-refractivity contribution in [2.75, 3.05) is 25.5 Å². The molecule has 164 valence electrons. The van der Waals surface area contributed by atoms with Crippen LogP contribution in [0.2, 0.25) is 0 Å². The van der Waals surface area contributed by atoms with Crippen LogP contribution in [0, 0.1) is 5.92 Å². The van der Waals surface area contributed by atoms with Gasteiger partial charge in [0, 0.05) is 35.3 Å². The highest BCUT2D eigenvalue weighted by Crippen LogP contribution is 2.30. The summed E-state index contributed by atoms with van der Waals surface area (Å²) < 4.78 is 5.43. The molecule has 0 radical (unpaired) electrons. The van der Waals surface area contributed by atoms with Crippen LogP contribution in [-0.2, 0) is 4.79 Å². The average Bonchev–Trinajstić information content (AvgIpc) is 2.83. The van der Waals surface area contributed by atoms with Gasteiger partial charge in [-0.05, 0) is 54.6 Å². The first-order valence-corrected chi connectivity index (χ1v) is 10.5. The summed E-state index contributed by atoms with van der Waals surface area (Å²) in [5.74, 6) is -0.347. The van der Waals surface area contributed by atoms with Crippen molar-refractivity contribution in [2.24, 2.45) is 11.7 Å². The number of nitrogens with one attached hydrogen (secondary N) is 1. The van der Waals surface area contributed by atoms with Gasteiger partial charge in [-0.2, -0.15) is 0 Å². The van der Waals surface area contributed by atoms with Crippen molar-refractivity contribution in [3.05, 3.63) is 71.8 Å². The van der Waals surface area contributed by atoms with Gasteiger partial charge in [0.25, 0.3) is 5.91 Å². The molecular formula is C25H25N3O4. The maximum Gasteiger partial charge on any atom is 0.254 e. The molecule has 1 saturated heterocycles. The Morgan fingerprint density at radius 3 is 2.41 bits per heavy atom. The lowest BCUT2D eigenvalue weighted by molar-refractivity contribution is -0.121. The van der Waals surface area contributed by atoms with Crippen LogP contribution in [-0.4, -0.2) is 42.8 Å². The molecule has 0 saturated carbocycles. The van der Waals surface area contributed by atoms with Crippen LogP contribution < -0.4 is 15.8 Å². The van der Waals surface area contributed by atoms with Crippen LogP contribution >= 0.6 is 0 Å². The number of rotatable bonds is 5. The van der Waals surface area contributed by atoms with Crippen LogP contribution in [0.1, 0.15) is 33.6 Å². The highest BCUT2D eigenvalue weighted by molar-refractivity contribution is 6.09. The van der Waals surface area contributed by atoms with Gasteiger partial charge >= 0.3 is 0 Å². The summed E-state index contributed by atoms with van der Waals surface area (Å²) in [6.45, 7) is 0.959. The smallest absolute Gasteiger partial charge is 0.254 e. The summed E-state index contributed by atoms with van der Waals surface area (Å²) in [7, 11) is 1.61. The molecule has 1 atom stereocenters. The van der Waals surface area contributed by atoms with Gasteiger partial charge in [-0.1, -0.05) is 24.3 Å². The predicted molar refractivity (Wildman–Crippen MR) is 123 cm³/mol. The van der Waals surface area contributed by atoms with Crippen LogP contribution in [0.3, 0.4) is 0 Å². The number of primary amides is 1. The molecule has 3 aromatic rings. The summed E-state index contributed by atoms with van der Waals surface area (Å²) >= 11 is 0. The first-order valence-electron chi connectivity index (χ1n) is 10.5. The number of methoxy groups -OCH3 is 1. The van der Waals surface area contributed by atoms with Gasteiger partial charge in [0.15, 0.2) is 0 Å². The molecule has 3 aromatic carbocycles. The van der Waals surface area contributed by atoms with Crippen LogP contribution in [0.15, 0.2) is 60.7 Å². The Bertz CT molecular complexity index is 1170. The van der Waals surface area contributed by atoms with E-state index < -0.39 is 5.91 Å². The van der Waals surface area contributed by atoms with Crippen molar-refractivity contribution < 1.29 is 19.1 Å². The van der Waals surface area contributed by atoms with Gasteiger partial charge < -0.3 is 20.7 Å². The molecule has 3 amide bonds. The van der Waals surface area contributed by atoms with E-state index in [0.717, 1.165) is 22.9 Å². The molecule has 0 aliphatic carbocycles. The lowest BCUT2D eigenvalue weighted by Gasteiger charge is -2.32. The van der Waals surface area contributed by atoms with Gasteiger partial charge in [-0.25, -0.2) is 0 Å². The molecular weight excluding hydrogens is 406 g/mol. The molecule has 0 spiro atoms. The Morgan fingerprint density at radius 2 is 1.72 bits per heavy atom. The van der Waals surface area contributed by atoms with Crippen molar-refractivity contribution in [3.63, 3.8) is 0 Å². The van der Waals surface area contributed by atoms with Gasteiger partial charge in [0.2, 0.25) is 11.8 Å². The molecule has 0 bridgehead atoms. The fourth-order valence-electron chi connectivity index (χ4n) is 4.14. The maximum atomic E-state index is 13.4. The molecule has 0 unspecified atom stereocenters. The predicted octanol–water partition coefficient (Wildman–Crippen LogP) is 3.44.